The molecule has 1 heterocycles. The summed E-state index contributed by atoms with van der Waals surface area (Å²) in [7, 11) is 2.81. The van der Waals surface area contributed by atoms with Gasteiger partial charge < -0.3 is 14.8 Å². The van der Waals surface area contributed by atoms with Crippen molar-refractivity contribution < 1.29 is 23.5 Å². The number of aryl methyl sites for hydroxylation is 1. The summed E-state index contributed by atoms with van der Waals surface area (Å²) in [4.78, 5) is 25.3. The number of anilines is 1. The number of nitrogens with one attached hydrogen (secondary N) is 1. The first kappa shape index (κ1) is 20.0. The van der Waals surface area contributed by atoms with Crippen LogP contribution >= 0.6 is 11.3 Å². The van der Waals surface area contributed by atoms with Gasteiger partial charge in [0.15, 0.2) is 0 Å². The van der Waals surface area contributed by atoms with E-state index in [1.165, 1.54) is 31.6 Å². The van der Waals surface area contributed by atoms with Crippen molar-refractivity contribution in [3.63, 3.8) is 0 Å². The summed E-state index contributed by atoms with van der Waals surface area (Å²) >= 11 is 1.20. The Labute approximate surface area is 166 Å². The highest BCUT2D eigenvalue weighted by atomic mass is 32.1. The highest BCUT2D eigenvalue weighted by Crippen LogP contribution is 2.34. The smallest absolute Gasteiger partial charge is 0.338 e. The van der Waals surface area contributed by atoms with Gasteiger partial charge in [-0.25, -0.2) is 9.18 Å². The van der Waals surface area contributed by atoms with E-state index < -0.39 is 5.97 Å². The molecule has 0 aliphatic carbocycles. The first-order chi connectivity index (χ1) is 13.4. The first-order valence-corrected chi connectivity index (χ1v) is 9.38. The number of benzene rings is 2. The Morgan fingerprint density at radius 2 is 1.93 bits per heavy atom. The average Bonchev–Trinajstić information content (AvgIpc) is 3.04. The van der Waals surface area contributed by atoms with Crippen LogP contribution in [0.5, 0.6) is 0 Å². The lowest BCUT2D eigenvalue weighted by molar-refractivity contribution is 0.0599. The van der Waals surface area contributed by atoms with Crippen LogP contribution in [0.25, 0.3) is 10.1 Å². The third-order valence-electron chi connectivity index (χ3n) is 4.59. The van der Waals surface area contributed by atoms with Crippen molar-refractivity contribution in [2.75, 3.05) is 19.5 Å². The van der Waals surface area contributed by atoms with Crippen molar-refractivity contribution in [2.45, 2.75) is 20.5 Å². The number of methoxy groups -OCH3 is 2. The zero-order valence-corrected chi connectivity index (χ0v) is 16.8. The molecule has 28 heavy (non-hydrogen) atoms. The van der Waals surface area contributed by atoms with E-state index in [1.54, 1.807) is 24.3 Å². The van der Waals surface area contributed by atoms with E-state index in [4.69, 9.17) is 9.47 Å². The molecule has 0 atom stereocenters. The molecule has 3 rings (SSSR count). The van der Waals surface area contributed by atoms with Gasteiger partial charge in [-0.1, -0.05) is 6.07 Å². The topological polar surface area (TPSA) is 64.6 Å². The molecular weight excluding hydrogens is 381 g/mol. The van der Waals surface area contributed by atoms with Crippen molar-refractivity contribution in [1.82, 2.24) is 0 Å². The van der Waals surface area contributed by atoms with Gasteiger partial charge in [-0.2, -0.15) is 0 Å². The van der Waals surface area contributed by atoms with Crippen LogP contribution in [0, 0.1) is 19.7 Å². The monoisotopic (exact) mass is 401 g/mol. The molecule has 0 saturated carbocycles. The molecule has 3 aromatic rings. The van der Waals surface area contributed by atoms with Gasteiger partial charge in [0.05, 0.1) is 24.2 Å². The molecule has 5 nitrogen and oxygen atoms in total. The molecule has 0 saturated heterocycles. The first-order valence-electron chi connectivity index (χ1n) is 8.57. The molecule has 146 valence electrons. The summed E-state index contributed by atoms with van der Waals surface area (Å²) in [6.07, 6.45) is 0. The van der Waals surface area contributed by atoms with E-state index in [9.17, 15) is 14.0 Å². The number of esters is 1. The molecule has 1 N–H and O–H groups in total. The molecular formula is C21H20FNO4S. The van der Waals surface area contributed by atoms with E-state index in [1.807, 2.05) is 13.8 Å². The summed E-state index contributed by atoms with van der Waals surface area (Å²) < 4.78 is 25.0. The van der Waals surface area contributed by atoms with Gasteiger partial charge >= 0.3 is 5.97 Å². The van der Waals surface area contributed by atoms with Crippen LogP contribution in [0.3, 0.4) is 0 Å². The molecule has 0 aliphatic rings. The van der Waals surface area contributed by atoms with Gasteiger partial charge in [-0.3, -0.25) is 4.79 Å². The lowest BCUT2D eigenvalue weighted by Crippen LogP contribution is -2.14. The molecule has 1 amide bonds. The van der Waals surface area contributed by atoms with Gasteiger partial charge in [0.25, 0.3) is 5.91 Å². The largest absolute Gasteiger partial charge is 0.465 e. The Balaban J connectivity index is 2.02. The number of hydrogen-bond acceptors (Lipinski definition) is 5. The molecule has 0 fully saturated rings. The van der Waals surface area contributed by atoms with Crippen LogP contribution in [0.4, 0.5) is 10.1 Å². The van der Waals surface area contributed by atoms with E-state index in [0.717, 1.165) is 11.1 Å². The Morgan fingerprint density at radius 3 is 2.61 bits per heavy atom. The summed E-state index contributed by atoms with van der Waals surface area (Å²) in [5.41, 5.74) is 2.99. The fourth-order valence-corrected chi connectivity index (χ4v) is 4.19. The SMILES string of the molecule is COCc1c(C(=O)Nc2cc(C)c(C)c(C(=O)OC)c2)sc2cccc(F)c12. The number of carbonyl (C=O) groups is 2. The van der Waals surface area contributed by atoms with Gasteiger partial charge in [-0.05, 0) is 49.2 Å². The van der Waals surface area contributed by atoms with Crippen LogP contribution in [-0.4, -0.2) is 26.1 Å². The van der Waals surface area contributed by atoms with Crippen molar-refractivity contribution >= 4 is 39.0 Å². The Morgan fingerprint density at radius 1 is 1.18 bits per heavy atom. The molecule has 7 heteroatoms. The van der Waals surface area contributed by atoms with E-state index in [2.05, 4.69) is 5.32 Å². The summed E-state index contributed by atoms with van der Waals surface area (Å²) in [6, 6.07) is 8.10. The van der Waals surface area contributed by atoms with Gasteiger partial charge in [0.1, 0.15) is 5.82 Å². The van der Waals surface area contributed by atoms with E-state index in [0.29, 0.717) is 31.8 Å². The fourth-order valence-electron chi connectivity index (χ4n) is 3.07. The molecule has 0 bridgehead atoms. The average molecular weight is 401 g/mol. The van der Waals surface area contributed by atoms with E-state index >= 15 is 0 Å². The quantitative estimate of drug-likeness (QED) is 0.621. The zero-order valence-electron chi connectivity index (χ0n) is 16.0. The molecule has 0 spiro atoms. The number of hydrogen-bond donors (Lipinski definition) is 1. The minimum atomic E-state index is -0.472. The standard InChI is InChI=1S/C21H20FNO4S/c1-11-8-13(9-14(12(11)2)21(25)27-4)23-20(24)19-15(10-26-3)18-16(22)6-5-7-17(18)28-19/h5-9H,10H2,1-4H3,(H,23,24). The maximum absolute atomic E-state index is 14.3. The number of rotatable bonds is 5. The minimum Gasteiger partial charge on any atom is -0.465 e. The highest BCUT2D eigenvalue weighted by molar-refractivity contribution is 7.21. The maximum atomic E-state index is 14.3. The van der Waals surface area contributed by atoms with Crippen molar-refractivity contribution in [3.05, 3.63) is 63.3 Å². The van der Waals surface area contributed by atoms with Gasteiger partial charge in [-0.15, -0.1) is 11.3 Å². The third-order valence-corrected chi connectivity index (χ3v) is 5.78. The van der Waals surface area contributed by atoms with Crippen molar-refractivity contribution in [2.24, 2.45) is 0 Å². The fraction of sp³-hybridized carbons (Fsp3) is 0.238. The Bertz CT molecular complexity index is 1070. The van der Waals surface area contributed by atoms with Gasteiger partial charge in [0, 0.05) is 28.4 Å². The maximum Gasteiger partial charge on any atom is 0.338 e. The van der Waals surface area contributed by atoms with Crippen LogP contribution in [0.2, 0.25) is 0 Å². The predicted molar refractivity (Wildman–Crippen MR) is 108 cm³/mol. The van der Waals surface area contributed by atoms with Crippen molar-refractivity contribution in [3.8, 4) is 0 Å². The number of fused-ring (bicyclic) bond motifs is 1. The highest BCUT2D eigenvalue weighted by Gasteiger charge is 2.21. The lowest BCUT2D eigenvalue weighted by atomic mass is 10.0. The summed E-state index contributed by atoms with van der Waals surface area (Å²) in [6.45, 7) is 3.78. The summed E-state index contributed by atoms with van der Waals surface area (Å²) in [5, 5.41) is 3.21. The number of halogens is 1. The molecule has 0 aliphatic heterocycles. The molecule has 2 aromatic carbocycles. The summed E-state index contributed by atoms with van der Waals surface area (Å²) in [5.74, 6) is -1.24. The lowest BCUT2D eigenvalue weighted by Gasteiger charge is -2.12. The molecule has 0 unspecified atom stereocenters. The second-order valence-corrected chi connectivity index (χ2v) is 7.42. The van der Waals surface area contributed by atoms with Crippen LogP contribution in [-0.2, 0) is 16.1 Å². The van der Waals surface area contributed by atoms with Gasteiger partial charge in [0.2, 0.25) is 0 Å². The van der Waals surface area contributed by atoms with Crippen molar-refractivity contribution in [1.29, 1.82) is 0 Å². The normalized spacial score (nSPS) is 10.9. The number of amides is 1. The number of carbonyl (C=O) groups excluding carboxylic acids is 2. The minimum absolute atomic E-state index is 0.115. The Hall–Kier alpha value is -2.77. The van der Waals surface area contributed by atoms with Crippen LogP contribution < -0.4 is 5.32 Å². The second-order valence-electron chi connectivity index (χ2n) is 6.37. The molecule has 0 radical (unpaired) electrons. The molecule has 1 aromatic heterocycles. The third kappa shape index (κ3) is 3.63. The number of thiophene rings is 1. The van der Waals surface area contributed by atoms with E-state index in [-0.39, 0.29) is 18.3 Å². The Kier molecular flexibility index (Phi) is 5.76. The van der Waals surface area contributed by atoms with Crippen LogP contribution in [0.1, 0.15) is 36.7 Å². The zero-order chi connectivity index (χ0) is 20.4. The number of ether oxygens (including phenoxy) is 2. The second kappa shape index (κ2) is 8.08. The predicted octanol–water partition coefficient (Wildman–Crippen LogP) is 4.84. The van der Waals surface area contributed by atoms with Crippen LogP contribution in [0.15, 0.2) is 30.3 Å².